The van der Waals surface area contributed by atoms with Gasteiger partial charge in [-0.05, 0) is 42.7 Å². The molecule has 0 saturated carbocycles. The number of amides is 1. The van der Waals surface area contributed by atoms with E-state index in [0.717, 1.165) is 24.9 Å². The number of rotatable bonds is 2. The van der Waals surface area contributed by atoms with E-state index in [2.05, 4.69) is 9.97 Å². The van der Waals surface area contributed by atoms with E-state index < -0.39 is 5.97 Å². The van der Waals surface area contributed by atoms with Crippen molar-refractivity contribution in [1.29, 1.82) is 0 Å². The summed E-state index contributed by atoms with van der Waals surface area (Å²) in [6.45, 7) is 0.723. The van der Waals surface area contributed by atoms with Crippen LogP contribution >= 0.6 is 0 Å². The van der Waals surface area contributed by atoms with Crippen LogP contribution in [0.25, 0.3) is 22.3 Å². The average Bonchev–Trinajstić information content (AvgIpc) is 3.24. The van der Waals surface area contributed by atoms with E-state index in [9.17, 15) is 19.5 Å². The van der Waals surface area contributed by atoms with Crippen molar-refractivity contribution in [3.05, 3.63) is 63.4 Å². The van der Waals surface area contributed by atoms with Gasteiger partial charge in [0.1, 0.15) is 5.69 Å². The number of aromatic amines is 1. The average molecular weight is 361 g/mol. The van der Waals surface area contributed by atoms with Crippen molar-refractivity contribution >= 4 is 22.9 Å². The maximum absolute atomic E-state index is 12.7. The van der Waals surface area contributed by atoms with Crippen LogP contribution in [0.3, 0.4) is 0 Å². The summed E-state index contributed by atoms with van der Waals surface area (Å²) < 4.78 is 0. The molecule has 27 heavy (non-hydrogen) atoms. The van der Waals surface area contributed by atoms with E-state index in [-0.39, 0.29) is 28.8 Å². The molecule has 3 aromatic rings. The van der Waals surface area contributed by atoms with E-state index >= 15 is 0 Å². The van der Waals surface area contributed by atoms with Crippen molar-refractivity contribution in [1.82, 2.24) is 14.9 Å². The Morgan fingerprint density at radius 2 is 2.00 bits per heavy atom. The first-order valence-corrected chi connectivity index (χ1v) is 8.76. The number of benzene rings is 2. The van der Waals surface area contributed by atoms with Crippen LogP contribution in [0.4, 0.5) is 0 Å². The van der Waals surface area contributed by atoms with E-state index in [4.69, 9.17) is 0 Å². The van der Waals surface area contributed by atoms with Gasteiger partial charge < -0.3 is 15.0 Å². The molecule has 1 saturated heterocycles. The zero-order chi connectivity index (χ0) is 18.7. The lowest BCUT2D eigenvalue weighted by Crippen LogP contribution is -2.22. The molecular formula is C20H15N3O4. The molecule has 0 bridgehead atoms. The van der Waals surface area contributed by atoms with Gasteiger partial charge in [-0.25, -0.2) is 9.78 Å². The number of hydrogen-bond donors (Lipinski definition) is 2. The lowest BCUT2D eigenvalue weighted by molar-refractivity contribution is 0.0696. The maximum atomic E-state index is 12.7. The zero-order valence-corrected chi connectivity index (χ0v) is 14.2. The Morgan fingerprint density at radius 1 is 1.19 bits per heavy atom. The largest absolute Gasteiger partial charge is 0.478 e. The molecular weight excluding hydrogens is 346 g/mol. The molecule has 3 heterocycles. The van der Waals surface area contributed by atoms with Gasteiger partial charge in [0.2, 0.25) is 0 Å². The Bertz CT molecular complexity index is 1200. The minimum atomic E-state index is -1.06. The van der Waals surface area contributed by atoms with Gasteiger partial charge in [0, 0.05) is 17.7 Å². The monoisotopic (exact) mass is 361 g/mol. The number of carbonyl (C=O) groups excluding carboxylic acids is 1. The van der Waals surface area contributed by atoms with Gasteiger partial charge in [0.05, 0.1) is 22.6 Å². The summed E-state index contributed by atoms with van der Waals surface area (Å²) in [5.74, 6) is -1.06. The molecule has 2 N–H and O–H groups in total. The summed E-state index contributed by atoms with van der Waals surface area (Å²) in [5.41, 5.74) is 2.94. The number of hydrogen-bond acceptors (Lipinski definition) is 4. The molecule has 1 atom stereocenters. The van der Waals surface area contributed by atoms with Crippen LogP contribution in [0, 0.1) is 0 Å². The molecule has 5 rings (SSSR count). The highest BCUT2D eigenvalue weighted by Gasteiger charge is 2.41. The molecule has 1 amide bonds. The van der Waals surface area contributed by atoms with Gasteiger partial charge in [0.15, 0.2) is 0 Å². The number of nitrogens with zero attached hydrogens (tertiary/aromatic N) is 2. The van der Waals surface area contributed by atoms with Gasteiger partial charge in [0.25, 0.3) is 11.5 Å². The SMILES string of the molecule is O=C(O)c1ccc2[nH]c(=O)c(-c3cccc4c3C3CCCN3C4=O)nc2c1. The van der Waals surface area contributed by atoms with E-state index in [0.29, 0.717) is 22.2 Å². The quantitative estimate of drug-likeness (QED) is 0.730. The normalized spacial score (nSPS) is 18.0. The Balaban J connectivity index is 1.76. The highest BCUT2D eigenvalue weighted by atomic mass is 16.4. The Morgan fingerprint density at radius 3 is 2.81 bits per heavy atom. The summed E-state index contributed by atoms with van der Waals surface area (Å²) in [4.78, 5) is 45.7. The molecule has 2 aliphatic rings. The summed E-state index contributed by atoms with van der Waals surface area (Å²) in [5, 5.41) is 9.20. The van der Waals surface area contributed by atoms with Crippen LogP contribution in [0.15, 0.2) is 41.2 Å². The molecule has 1 fully saturated rings. The van der Waals surface area contributed by atoms with Gasteiger partial charge in [-0.15, -0.1) is 0 Å². The van der Waals surface area contributed by atoms with Crippen molar-refractivity contribution in [2.24, 2.45) is 0 Å². The third-order valence-corrected chi connectivity index (χ3v) is 5.38. The highest BCUT2D eigenvalue weighted by Crippen LogP contribution is 2.44. The molecule has 0 spiro atoms. The molecule has 0 aliphatic carbocycles. The fourth-order valence-corrected chi connectivity index (χ4v) is 4.18. The summed E-state index contributed by atoms with van der Waals surface area (Å²) in [7, 11) is 0. The second kappa shape index (κ2) is 5.51. The predicted octanol–water partition coefficient (Wildman–Crippen LogP) is 2.58. The first kappa shape index (κ1) is 15.7. The standard InChI is InChI=1S/C20H15N3O4/c24-18-17(21-14-9-10(20(26)27)6-7-13(14)22-18)11-3-1-4-12-16(11)15-5-2-8-23(15)19(12)25/h1,3-4,6-7,9,15H,2,5,8H2,(H,22,24)(H,26,27). The number of carboxylic acid groups (broad SMARTS) is 1. The number of carbonyl (C=O) groups is 2. The van der Waals surface area contributed by atoms with Crippen molar-refractivity contribution in [2.75, 3.05) is 6.54 Å². The Labute approximate surface area is 153 Å². The van der Waals surface area contributed by atoms with E-state index in [1.165, 1.54) is 18.2 Å². The van der Waals surface area contributed by atoms with Crippen molar-refractivity contribution < 1.29 is 14.7 Å². The lowest BCUT2D eigenvalue weighted by Gasteiger charge is -2.16. The van der Waals surface area contributed by atoms with Gasteiger partial charge in [-0.2, -0.15) is 0 Å². The molecule has 1 unspecified atom stereocenters. The molecule has 7 nitrogen and oxygen atoms in total. The minimum absolute atomic E-state index is 0.000249. The fraction of sp³-hybridized carbons (Fsp3) is 0.200. The van der Waals surface area contributed by atoms with E-state index in [1.54, 1.807) is 18.2 Å². The second-order valence-electron chi connectivity index (χ2n) is 6.87. The van der Waals surface area contributed by atoms with E-state index in [1.807, 2.05) is 4.90 Å². The second-order valence-corrected chi connectivity index (χ2v) is 6.87. The van der Waals surface area contributed by atoms with Gasteiger partial charge in [-0.1, -0.05) is 12.1 Å². The summed E-state index contributed by atoms with van der Waals surface area (Å²) >= 11 is 0. The lowest BCUT2D eigenvalue weighted by atomic mass is 9.94. The Kier molecular flexibility index (Phi) is 3.21. The topological polar surface area (TPSA) is 103 Å². The van der Waals surface area contributed by atoms with Crippen LogP contribution in [0.5, 0.6) is 0 Å². The van der Waals surface area contributed by atoms with Crippen LogP contribution in [0.2, 0.25) is 0 Å². The van der Waals surface area contributed by atoms with Crippen LogP contribution in [-0.4, -0.2) is 38.4 Å². The predicted molar refractivity (Wildman–Crippen MR) is 97.8 cm³/mol. The number of aromatic carboxylic acids is 1. The third kappa shape index (κ3) is 2.21. The van der Waals surface area contributed by atoms with Gasteiger partial charge >= 0.3 is 5.97 Å². The molecule has 0 radical (unpaired) electrons. The number of fused-ring (bicyclic) bond motifs is 4. The first-order chi connectivity index (χ1) is 13.0. The van der Waals surface area contributed by atoms with Crippen LogP contribution in [0.1, 0.15) is 45.2 Å². The molecule has 7 heteroatoms. The van der Waals surface area contributed by atoms with Gasteiger partial charge in [-0.3, -0.25) is 9.59 Å². The minimum Gasteiger partial charge on any atom is -0.478 e. The summed E-state index contributed by atoms with van der Waals surface area (Å²) in [6.07, 6.45) is 1.80. The molecule has 1 aromatic heterocycles. The zero-order valence-electron chi connectivity index (χ0n) is 14.2. The van der Waals surface area contributed by atoms with Crippen LogP contribution < -0.4 is 5.56 Å². The number of carboxylic acids is 1. The maximum Gasteiger partial charge on any atom is 0.335 e. The van der Waals surface area contributed by atoms with Crippen LogP contribution in [-0.2, 0) is 0 Å². The number of aromatic nitrogens is 2. The number of nitrogens with one attached hydrogen (secondary N) is 1. The Hall–Kier alpha value is -3.48. The molecule has 2 aromatic carbocycles. The fourth-order valence-electron chi connectivity index (χ4n) is 4.18. The van der Waals surface area contributed by atoms with Crippen molar-refractivity contribution in [3.63, 3.8) is 0 Å². The van der Waals surface area contributed by atoms with Crippen molar-refractivity contribution in [3.8, 4) is 11.3 Å². The smallest absolute Gasteiger partial charge is 0.335 e. The third-order valence-electron chi connectivity index (χ3n) is 5.38. The summed E-state index contributed by atoms with van der Waals surface area (Å²) in [6, 6.07) is 9.73. The highest BCUT2D eigenvalue weighted by molar-refractivity contribution is 6.01. The number of H-pyrrole nitrogens is 1. The molecule has 134 valence electrons. The molecule has 2 aliphatic heterocycles. The first-order valence-electron chi connectivity index (χ1n) is 8.76. The van der Waals surface area contributed by atoms with Crippen molar-refractivity contribution in [2.45, 2.75) is 18.9 Å².